The average molecular weight is 417 g/mol. The van der Waals surface area contributed by atoms with E-state index >= 15 is 0 Å². The molecule has 160 valence electrons. The summed E-state index contributed by atoms with van der Waals surface area (Å²) in [6, 6.07) is 0.472. The number of nitrogens with zero attached hydrogens (tertiary/aromatic N) is 4. The maximum Gasteiger partial charge on any atom is 0.305 e. The van der Waals surface area contributed by atoms with Crippen LogP contribution in [0, 0.1) is 30.3 Å². The van der Waals surface area contributed by atoms with E-state index in [1.165, 1.54) is 0 Å². The third-order valence-electron chi connectivity index (χ3n) is 3.13. The first-order chi connectivity index (χ1) is 13.2. The molecule has 0 heterocycles. The van der Waals surface area contributed by atoms with Crippen molar-refractivity contribution in [1.82, 2.24) is 5.32 Å². The molecule has 15 heteroatoms. The molecule has 1 rings (SSSR count). The molecule has 0 aromatic heterocycles. The van der Waals surface area contributed by atoms with Gasteiger partial charge in [0, 0.05) is 0 Å². The minimum atomic E-state index is -1.46. The number of non-ortho nitro benzene ring substituents is 1. The van der Waals surface area contributed by atoms with Crippen molar-refractivity contribution >= 4 is 29.4 Å². The van der Waals surface area contributed by atoms with Crippen LogP contribution in [-0.2, 0) is 9.59 Å². The van der Waals surface area contributed by atoms with Crippen LogP contribution in [0.4, 0.5) is 17.1 Å². The molecule has 1 aromatic carbocycles. The zero-order valence-corrected chi connectivity index (χ0v) is 15.6. The standard InChI is InChI=1S/C8H16N2O3.C6H3N3O7/c1-10(2,3)5-7(9-6-11)4-8(12)13;10-6-4(8(13)14)1-3(7(11)12)2-5(6)9(15)16/h6-7H,4-5H2,1-3H3,(H-,9,11,12,13);1-2,10H. The number of nitrogens with one attached hydrogen (secondary N) is 1. The second kappa shape index (κ2) is 10.5. The number of carboxylic acid groups (broad SMARTS) is 1. The molecule has 2 N–H and O–H groups in total. The first-order valence-electron chi connectivity index (χ1n) is 7.69. The second-order valence-corrected chi connectivity index (χ2v) is 6.64. The summed E-state index contributed by atoms with van der Waals surface area (Å²) in [4.78, 5) is 48.1. The van der Waals surface area contributed by atoms with E-state index < -0.39 is 43.6 Å². The van der Waals surface area contributed by atoms with Crippen LogP contribution in [0.5, 0.6) is 5.75 Å². The van der Waals surface area contributed by atoms with Gasteiger partial charge in [0.2, 0.25) is 6.41 Å². The van der Waals surface area contributed by atoms with Gasteiger partial charge < -0.3 is 20.0 Å². The van der Waals surface area contributed by atoms with Crippen molar-refractivity contribution in [3.8, 4) is 5.75 Å². The van der Waals surface area contributed by atoms with Gasteiger partial charge in [0.15, 0.2) is 0 Å². The number of aliphatic carboxylic acids is 1. The largest absolute Gasteiger partial charge is 0.863 e. The van der Waals surface area contributed by atoms with Gasteiger partial charge in [-0.05, 0) is 0 Å². The molecule has 0 aliphatic carbocycles. The lowest BCUT2D eigenvalue weighted by atomic mass is 10.2. The minimum Gasteiger partial charge on any atom is -0.863 e. The van der Waals surface area contributed by atoms with Gasteiger partial charge in [0.25, 0.3) is 17.1 Å². The summed E-state index contributed by atoms with van der Waals surface area (Å²) < 4.78 is 0.624. The normalized spacial score (nSPS) is 11.4. The lowest BCUT2D eigenvalue weighted by molar-refractivity contribution is -0.871. The highest BCUT2D eigenvalue weighted by molar-refractivity contribution is 5.68. The number of nitro benzene ring substituents is 3. The number of rotatable bonds is 9. The minimum absolute atomic E-state index is 0.0335. The van der Waals surface area contributed by atoms with Crippen LogP contribution in [0.25, 0.3) is 0 Å². The fourth-order valence-corrected chi connectivity index (χ4v) is 2.11. The summed E-state index contributed by atoms with van der Waals surface area (Å²) in [7, 11) is 5.84. The Bertz CT molecular complexity index is 769. The number of hydrogen-bond acceptors (Lipinski definition) is 9. The van der Waals surface area contributed by atoms with Gasteiger partial charge in [-0.3, -0.25) is 39.9 Å². The third kappa shape index (κ3) is 9.05. The Morgan fingerprint density at radius 2 is 1.55 bits per heavy atom. The van der Waals surface area contributed by atoms with Crippen molar-refractivity contribution in [2.24, 2.45) is 0 Å². The van der Waals surface area contributed by atoms with Crippen LogP contribution >= 0.6 is 0 Å². The van der Waals surface area contributed by atoms with Crippen molar-refractivity contribution in [2.45, 2.75) is 12.5 Å². The zero-order chi connectivity index (χ0) is 22.9. The molecule has 0 radical (unpaired) electrons. The number of carboxylic acids is 1. The van der Waals surface area contributed by atoms with E-state index in [0.29, 0.717) is 29.6 Å². The Hall–Kier alpha value is -3.88. The predicted octanol–water partition coefficient (Wildman–Crippen LogP) is -0.233. The Labute approximate surface area is 163 Å². The monoisotopic (exact) mass is 417 g/mol. The van der Waals surface area contributed by atoms with E-state index in [1.807, 2.05) is 21.1 Å². The van der Waals surface area contributed by atoms with Crippen LogP contribution in [0.1, 0.15) is 6.42 Å². The number of carbonyl (C=O) groups excluding carboxylic acids is 1. The van der Waals surface area contributed by atoms with Gasteiger partial charge in [-0.25, -0.2) is 0 Å². The van der Waals surface area contributed by atoms with E-state index in [9.17, 15) is 45.0 Å². The van der Waals surface area contributed by atoms with Gasteiger partial charge in [-0.1, -0.05) is 0 Å². The van der Waals surface area contributed by atoms with Gasteiger partial charge in [-0.15, -0.1) is 0 Å². The van der Waals surface area contributed by atoms with Crippen molar-refractivity contribution in [3.05, 3.63) is 42.5 Å². The maximum absolute atomic E-state index is 11.1. The van der Waals surface area contributed by atoms with Crippen LogP contribution in [0.3, 0.4) is 0 Å². The van der Waals surface area contributed by atoms with Crippen molar-refractivity contribution in [1.29, 1.82) is 0 Å². The summed E-state index contributed by atoms with van der Waals surface area (Å²) in [5.74, 6) is -2.35. The molecule has 1 aromatic rings. The molecule has 29 heavy (non-hydrogen) atoms. The Morgan fingerprint density at radius 1 is 1.10 bits per heavy atom. The molecule has 0 bridgehead atoms. The predicted molar refractivity (Wildman–Crippen MR) is 94.0 cm³/mol. The van der Waals surface area contributed by atoms with E-state index in [2.05, 4.69) is 5.32 Å². The van der Waals surface area contributed by atoms with Crippen molar-refractivity contribution in [2.75, 3.05) is 27.7 Å². The molecule has 0 saturated heterocycles. The molecule has 0 aliphatic heterocycles. The van der Waals surface area contributed by atoms with Crippen molar-refractivity contribution in [3.63, 3.8) is 0 Å². The number of likely N-dealkylation sites (N-methyl/N-ethyl adjacent to an activating group) is 1. The van der Waals surface area contributed by atoms with Crippen LogP contribution in [0.15, 0.2) is 12.1 Å². The molecular formula is C14H19N5O10. The molecule has 1 atom stereocenters. The highest BCUT2D eigenvalue weighted by Crippen LogP contribution is 2.36. The molecule has 1 unspecified atom stereocenters. The molecule has 0 fully saturated rings. The molecule has 0 spiro atoms. The fraction of sp³-hybridized carbons (Fsp3) is 0.429. The lowest BCUT2D eigenvalue weighted by Crippen LogP contribution is -2.47. The molecule has 0 saturated carbocycles. The Balaban J connectivity index is 0.000000555. The number of nitro groups is 3. The fourth-order valence-electron chi connectivity index (χ4n) is 2.11. The average Bonchev–Trinajstić information content (AvgIpc) is 2.52. The third-order valence-corrected chi connectivity index (χ3v) is 3.13. The van der Waals surface area contributed by atoms with E-state index in [4.69, 9.17) is 5.11 Å². The number of amides is 1. The SMILES string of the molecule is C[N+](C)(C)CC(CC(=O)O)NC=O.O=[N+]([O-])c1cc([N+](=O)[O-])c([O-])c([N+](=O)[O-])c1. The smallest absolute Gasteiger partial charge is 0.305 e. The Kier molecular flexibility index (Phi) is 9.05. The summed E-state index contributed by atoms with van der Waals surface area (Å²) in [6.07, 6.45) is 0.511. The van der Waals surface area contributed by atoms with Crippen molar-refractivity contribution < 1.29 is 39.1 Å². The van der Waals surface area contributed by atoms with E-state index in [-0.39, 0.29) is 12.5 Å². The van der Waals surface area contributed by atoms with Crippen LogP contribution < -0.4 is 10.4 Å². The number of carbonyl (C=O) groups is 2. The highest BCUT2D eigenvalue weighted by atomic mass is 16.6. The van der Waals surface area contributed by atoms with E-state index in [1.54, 1.807) is 0 Å². The number of hydrogen-bond donors (Lipinski definition) is 2. The van der Waals surface area contributed by atoms with Crippen LogP contribution in [0.2, 0.25) is 0 Å². The lowest BCUT2D eigenvalue weighted by Gasteiger charge is -2.28. The summed E-state index contributed by atoms with van der Waals surface area (Å²) in [6.45, 7) is 0.602. The second-order valence-electron chi connectivity index (χ2n) is 6.64. The molecular weight excluding hydrogens is 398 g/mol. The highest BCUT2D eigenvalue weighted by Gasteiger charge is 2.24. The zero-order valence-electron chi connectivity index (χ0n) is 15.6. The quantitative estimate of drug-likeness (QED) is 0.232. The first-order valence-corrected chi connectivity index (χ1v) is 7.69. The van der Waals surface area contributed by atoms with Crippen LogP contribution in [-0.4, -0.2) is 70.5 Å². The summed E-state index contributed by atoms with van der Waals surface area (Å²) in [5.41, 5.74) is -3.26. The van der Waals surface area contributed by atoms with E-state index in [0.717, 1.165) is 0 Å². The van der Waals surface area contributed by atoms with Gasteiger partial charge >= 0.3 is 5.97 Å². The molecule has 15 nitrogen and oxygen atoms in total. The first kappa shape index (κ1) is 25.1. The number of quaternary nitrogens is 1. The Morgan fingerprint density at radius 3 is 1.83 bits per heavy atom. The number of benzene rings is 1. The van der Waals surface area contributed by atoms with Gasteiger partial charge in [0.1, 0.15) is 0 Å². The maximum atomic E-state index is 11.1. The topological polar surface area (TPSA) is 219 Å². The molecule has 0 aliphatic rings. The summed E-state index contributed by atoms with van der Waals surface area (Å²) >= 11 is 0. The van der Waals surface area contributed by atoms with Gasteiger partial charge in [-0.2, -0.15) is 0 Å². The summed E-state index contributed by atoms with van der Waals surface area (Å²) in [5, 5.41) is 53.1. The van der Waals surface area contributed by atoms with Gasteiger partial charge in [0.05, 0.1) is 72.8 Å². The molecule has 1 amide bonds.